The van der Waals surface area contributed by atoms with Crippen LogP contribution in [0.3, 0.4) is 0 Å². The molecule has 4 saturated heterocycles. The fourth-order valence-corrected chi connectivity index (χ4v) is 10.5. The van der Waals surface area contributed by atoms with Gasteiger partial charge < -0.3 is 41.9 Å². The first kappa shape index (κ1) is 45.7. The molecule has 5 heterocycles. The van der Waals surface area contributed by atoms with Gasteiger partial charge in [-0.05, 0) is 107 Å². The molecule has 8 N–H and O–H groups in total. The Morgan fingerprint density at radius 2 is 1.68 bits per heavy atom. The minimum absolute atomic E-state index is 0.0826. The maximum atomic E-state index is 14.3. The van der Waals surface area contributed by atoms with Crippen molar-refractivity contribution in [2.45, 2.75) is 164 Å². The van der Waals surface area contributed by atoms with Crippen LogP contribution in [-0.2, 0) is 40.1 Å². The molecule has 0 bridgehead atoms. The number of primary amides is 1. The molecule has 0 radical (unpaired) electrons. The van der Waals surface area contributed by atoms with Crippen LogP contribution in [0.5, 0.6) is 0 Å². The molecule has 1 aliphatic carbocycles. The Bertz CT molecular complexity index is 2020. The van der Waals surface area contributed by atoms with E-state index >= 15 is 0 Å². The van der Waals surface area contributed by atoms with E-state index in [9.17, 15) is 43.5 Å². The lowest BCUT2D eigenvalue weighted by Gasteiger charge is -2.38. The zero-order valence-electron chi connectivity index (χ0n) is 36.0. The van der Waals surface area contributed by atoms with E-state index < -0.39 is 59.9 Å². The highest BCUT2D eigenvalue weighted by Gasteiger charge is 2.46. The van der Waals surface area contributed by atoms with Gasteiger partial charge >= 0.3 is 0 Å². The number of imide groups is 1. The number of hydrogen-bond acceptors (Lipinski definition) is 10. The Balaban J connectivity index is 0.951. The lowest BCUT2D eigenvalue weighted by Crippen LogP contribution is -2.60. The number of hydrogen-bond donors (Lipinski definition) is 6. The number of benzene rings is 1. The molecule has 17 heteroatoms. The molecule has 8 amide bonds. The summed E-state index contributed by atoms with van der Waals surface area (Å²) in [5.74, 6) is 3.43. The van der Waals surface area contributed by atoms with Crippen molar-refractivity contribution < 1.29 is 43.5 Å². The Hall–Kier alpha value is -5.34. The monoisotopic (exact) mass is 870 g/mol. The molecule has 7 atom stereocenters. The highest BCUT2D eigenvalue weighted by atomic mass is 16.3. The Morgan fingerprint density at radius 3 is 2.41 bits per heavy atom. The van der Waals surface area contributed by atoms with Crippen LogP contribution in [0.2, 0.25) is 0 Å². The van der Waals surface area contributed by atoms with Gasteiger partial charge in [0.05, 0.1) is 12.1 Å². The maximum Gasteiger partial charge on any atom is 0.255 e. The molecule has 63 heavy (non-hydrogen) atoms. The molecule has 2 unspecified atom stereocenters. The fourth-order valence-electron chi connectivity index (χ4n) is 10.5. The van der Waals surface area contributed by atoms with Crippen molar-refractivity contribution in [2.24, 2.45) is 23.3 Å². The largest absolute Gasteiger partial charge is 0.393 e. The summed E-state index contributed by atoms with van der Waals surface area (Å²) in [5.41, 5.74) is 13.7. The van der Waals surface area contributed by atoms with Crippen LogP contribution in [0.25, 0.3) is 0 Å². The van der Waals surface area contributed by atoms with Crippen LogP contribution < -0.4 is 27.4 Å². The zero-order chi connectivity index (χ0) is 44.8. The molecule has 1 saturated carbocycles. The maximum absolute atomic E-state index is 14.3. The van der Waals surface area contributed by atoms with Crippen molar-refractivity contribution in [2.75, 3.05) is 13.1 Å². The molecule has 1 aromatic carbocycles. The van der Waals surface area contributed by atoms with Crippen molar-refractivity contribution in [3.63, 3.8) is 0 Å². The number of aliphatic hydroxyl groups excluding tert-OH is 1. The molecule has 7 rings (SSSR count). The van der Waals surface area contributed by atoms with Crippen molar-refractivity contribution in [1.82, 2.24) is 30.7 Å². The van der Waals surface area contributed by atoms with Gasteiger partial charge in [-0.2, -0.15) is 0 Å². The van der Waals surface area contributed by atoms with Crippen LogP contribution in [0, 0.1) is 23.7 Å². The van der Waals surface area contributed by atoms with E-state index in [0.717, 1.165) is 62.5 Å². The Labute approximate surface area is 368 Å². The van der Waals surface area contributed by atoms with Crippen molar-refractivity contribution in [3.05, 3.63) is 34.9 Å². The third kappa shape index (κ3) is 10.7. The van der Waals surface area contributed by atoms with Gasteiger partial charge in [0.15, 0.2) is 0 Å². The normalized spacial score (nSPS) is 26.6. The number of likely N-dealkylation sites (tertiary alicyclic amines) is 1. The Morgan fingerprint density at radius 1 is 0.921 bits per heavy atom. The van der Waals surface area contributed by atoms with E-state index in [4.69, 9.17) is 11.5 Å². The molecule has 5 fully saturated rings. The van der Waals surface area contributed by atoms with Crippen LogP contribution in [0.4, 0.5) is 0 Å². The van der Waals surface area contributed by atoms with Crippen LogP contribution in [0.15, 0.2) is 18.2 Å². The average molecular weight is 871 g/mol. The third-order valence-corrected chi connectivity index (χ3v) is 14.1. The number of fused-ring (bicyclic) bond motifs is 2. The van der Waals surface area contributed by atoms with E-state index in [-0.39, 0.29) is 61.4 Å². The van der Waals surface area contributed by atoms with Gasteiger partial charge in [0.25, 0.3) is 5.91 Å². The summed E-state index contributed by atoms with van der Waals surface area (Å²) < 4.78 is 0. The summed E-state index contributed by atoms with van der Waals surface area (Å²) in [7, 11) is 0. The van der Waals surface area contributed by atoms with Crippen molar-refractivity contribution in [1.29, 1.82) is 0 Å². The molecule has 0 aromatic heterocycles. The number of nitrogens with one attached hydrogen (secondary N) is 3. The second kappa shape index (κ2) is 20.4. The van der Waals surface area contributed by atoms with Gasteiger partial charge in [-0.1, -0.05) is 37.2 Å². The first-order valence-corrected chi connectivity index (χ1v) is 23.0. The number of aliphatic hydroxyl groups is 1. The zero-order valence-corrected chi connectivity index (χ0v) is 36.0. The number of rotatable bonds is 12. The standard InChI is InChI=1S/C46H62N8O9/c47-34-15-14-31(55)25-30-13-17-37(54(30)45(34)62)43(60)49-35(16-19-38(48)56)41(58)51-40(29-9-2-1-3-10-29)46(63)52-23-21-27(22-24-52)7-4-5-8-28-11-6-12-32-33(28)26-53(44(32)61)36-18-20-39(57)50-42(36)59/h6,11-12,27,29-31,34-37,40,55H,1-4,7,9-10,13-26,47H2,(H2,48,56)(H,49,60)(H,51,58)(H,50,57,59)/t30-,31-,34?,35+,36?,37+,40+/m1/s1. The molecule has 17 nitrogen and oxygen atoms in total. The number of piperidine rings is 2. The molecule has 1 aromatic rings. The summed E-state index contributed by atoms with van der Waals surface area (Å²) in [6.45, 7) is 1.30. The number of carbonyl (C=O) groups excluding carboxylic acids is 8. The second-order valence-corrected chi connectivity index (χ2v) is 18.4. The van der Waals surface area contributed by atoms with Crippen LogP contribution in [0.1, 0.15) is 137 Å². The first-order chi connectivity index (χ1) is 30.3. The highest BCUT2D eigenvalue weighted by Crippen LogP contribution is 2.33. The average Bonchev–Trinajstić information content (AvgIpc) is 3.84. The van der Waals surface area contributed by atoms with Gasteiger partial charge in [0.1, 0.15) is 24.2 Å². The lowest BCUT2D eigenvalue weighted by atomic mass is 9.82. The van der Waals surface area contributed by atoms with E-state index in [1.165, 1.54) is 9.80 Å². The minimum atomic E-state index is -1.18. The van der Waals surface area contributed by atoms with E-state index in [2.05, 4.69) is 27.8 Å². The van der Waals surface area contributed by atoms with Gasteiger partial charge in [-0.15, -0.1) is 0 Å². The van der Waals surface area contributed by atoms with Crippen molar-refractivity contribution in [3.8, 4) is 11.8 Å². The molecule has 340 valence electrons. The molecular formula is C46H62N8O9. The van der Waals surface area contributed by atoms with Gasteiger partial charge in [0.2, 0.25) is 41.4 Å². The molecular weight excluding hydrogens is 809 g/mol. The van der Waals surface area contributed by atoms with Gasteiger partial charge in [-0.3, -0.25) is 43.7 Å². The summed E-state index contributed by atoms with van der Waals surface area (Å²) >= 11 is 0. The SMILES string of the molecule is NC(=O)CC[C@H](NC(=O)[C@@H]1CC[C@@H]2C[C@H](O)CCC(N)C(=O)N21)C(=O)N[C@H](C(=O)N1CCC(CCC#Cc2cccc3c2CN(C2CCC(=O)NC2=O)C3=O)CC1)C1CCCCC1. The van der Waals surface area contributed by atoms with E-state index in [0.29, 0.717) is 69.5 Å². The third-order valence-electron chi connectivity index (χ3n) is 14.1. The summed E-state index contributed by atoms with van der Waals surface area (Å²) in [6.07, 6.45) is 8.85. The van der Waals surface area contributed by atoms with Crippen LogP contribution >= 0.6 is 0 Å². The Kier molecular flexibility index (Phi) is 14.8. The van der Waals surface area contributed by atoms with Crippen molar-refractivity contribution >= 4 is 47.3 Å². The molecule has 6 aliphatic rings. The number of nitrogens with two attached hydrogens (primary N) is 2. The predicted octanol–water partition coefficient (Wildman–Crippen LogP) is 0.865. The number of nitrogens with zero attached hydrogens (tertiary/aromatic N) is 3. The van der Waals surface area contributed by atoms with Gasteiger partial charge in [-0.25, -0.2) is 0 Å². The number of carbonyl (C=O) groups is 8. The second-order valence-electron chi connectivity index (χ2n) is 18.4. The number of amides is 8. The fraction of sp³-hybridized carbons (Fsp3) is 0.652. The summed E-state index contributed by atoms with van der Waals surface area (Å²) in [4.78, 5) is 110. The van der Waals surface area contributed by atoms with Crippen LogP contribution in [-0.4, -0.2) is 123 Å². The molecule has 5 aliphatic heterocycles. The smallest absolute Gasteiger partial charge is 0.255 e. The minimum Gasteiger partial charge on any atom is -0.393 e. The van der Waals surface area contributed by atoms with E-state index in [1.54, 1.807) is 12.1 Å². The first-order valence-electron chi connectivity index (χ1n) is 23.0. The quantitative estimate of drug-likeness (QED) is 0.128. The topological polar surface area (TPSA) is 255 Å². The highest BCUT2D eigenvalue weighted by molar-refractivity contribution is 6.05. The predicted molar refractivity (Wildman–Crippen MR) is 228 cm³/mol. The lowest BCUT2D eigenvalue weighted by molar-refractivity contribution is -0.144. The molecule has 0 spiro atoms. The van der Waals surface area contributed by atoms with Gasteiger partial charge in [0, 0.05) is 56.1 Å². The summed E-state index contributed by atoms with van der Waals surface area (Å²) in [6, 6.07) is 0.602. The summed E-state index contributed by atoms with van der Waals surface area (Å²) in [5, 5.41) is 18.6. The van der Waals surface area contributed by atoms with E-state index in [1.807, 2.05) is 11.0 Å².